The predicted molar refractivity (Wildman–Crippen MR) is 97.4 cm³/mol. The van der Waals surface area contributed by atoms with Gasteiger partial charge in [-0.1, -0.05) is 0 Å². The van der Waals surface area contributed by atoms with E-state index < -0.39 is 43.3 Å². The van der Waals surface area contributed by atoms with Crippen molar-refractivity contribution in [2.24, 2.45) is 5.92 Å². The molecule has 1 N–H and O–H groups in total. The third kappa shape index (κ3) is 4.38. The number of piperidine rings is 1. The fourth-order valence-corrected chi connectivity index (χ4v) is 4.59. The molecule has 0 spiro atoms. The van der Waals surface area contributed by atoms with Gasteiger partial charge in [0.05, 0.1) is 4.92 Å². The Morgan fingerprint density at radius 1 is 1.24 bits per heavy atom. The number of hydrogen-bond donors (Lipinski definition) is 1. The van der Waals surface area contributed by atoms with Crippen molar-refractivity contribution >= 4 is 27.3 Å². The highest BCUT2D eigenvalue weighted by Gasteiger charge is 2.34. The molecule has 2 heterocycles. The van der Waals surface area contributed by atoms with Gasteiger partial charge in [-0.25, -0.2) is 17.2 Å². The van der Waals surface area contributed by atoms with Crippen LogP contribution >= 0.6 is 0 Å². The van der Waals surface area contributed by atoms with Crippen LogP contribution in [0.4, 0.5) is 20.2 Å². The van der Waals surface area contributed by atoms with E-state index in [1.165, 1.54) is 12.3 Å². The Morgan fingerprint density at radius 2 is 1.93 bits per heavy atom. The number of nitrogens with one attached hydrogen (secondary N) is 1. The van der Waals surface area contributed by atoms with E-state index in [9.17, 15) is 32.1 Å². The van der Waals surface area contributed by atoms with Gasteiger partial charge in [0.1, 0.15) is 28.4 Å². The van der Waals surface area contributed by atoms with E-state index >= 15 is 0 Å². The summed E-state index contributed by atoms with van der Waals surface area (Å²) in [6, 6.07) is 3.47. The van der Waals surface area contributed by atoms with Crippen LogP contribution in [0.2, 0.25) is 0 Å². The summed E-state index contributed by atoms with van der Waals surface area (Å²) in [4.78, 5) is 25.6. The van der Waals surface area contributed by atoms with Gasteiger partial charge >= 0.3 is 5.69 Å². The normalized spacial score (nSPS) is 15.8. The van der Waals surface area contributed by atoms with Crippen molar-refractivity contribution in [3.8, 4) is 0 Å². The molecular weight excluding hydrogens is 410 g/mol. The summed E-state index contributed by atoms with van der Waals surface area (Å²) >= 11 is 0. The van der Waals surface area contributed by atoms with Crippen LogP contribution in [0.1, 0.15) is 12.8 Å². The van der Waals surface area contributed by atoms with E-state index in [0.29, 0.717) is 6.07 Å². The van der Waals surface area contributed by atoms with Crippen LogP contribution < -0.4 is 5.32 Å². The minimum absolute atomic E-state index is 0.00752. The molecule has 1 aromatic heterocycles. The number of anilines is 1. The Hall–Kier alpha value is -2.99. The molecule has 12 heteroatoms. The fraction of sp³-hybridized carbons (Fsp3) is 0.294. The number of pyridine rings is 1. The Bertz CT molecular complexity index is 1060. The van der Waals surface area contributed by atoms with Gasteiger partial charge in [-0.3, -0.25) is 19.9 Å². The van der Waals surface area contributed by atoms with Gasteiger partial charge in [-0.2, -0.15) is 4.31 Å². The molecule has 29 heavy (non-hydrogen) atoms. The van der Waals surface area contributed by atoms with Crippen LogP contribution in [0.25, 0.3) is 0 Å². The van der Waals surface area contributed by atoms with Crippen molar-refractivity contribution < 1.29 is 26.9 Å². The Labute approximate surface area is 164 Å². The number of carbonyl (C=O) groups is 1. The highest BCUT2D eigenvalue weighted by molar-refractivity contribution is 7.89. The summed E-state index contributed by atoms with van der Waals surface area (Å²) in [7, 11) is -4.25. The number of nitrogens with zero attached hydrogens (tertiary/aromatic N) is 3. The van der Waals surface area contributed by atoms with Gasteiger partial charge < -0.3 is 5.32 Å². The molecule has 1 aromatic carbocycles. The van der Waals surface area contributed by atoms with E-state index in [1.54, 1.807) is 0 Å². The van der Waals surface area contributed by atoms with Crippen LogP contribution in [0.15, 0.2) is 41.6 Å². The summed E-state index contributed by atoms with van der Waals surface area (Å²) in [6.45, 7) is -0.149. The first kappa shape index (κ1) is 20.7. The number of rotatable bonds is 5. The fourth-order valence-electron chi connectivity index (χ4n) is 3.04. The minimum atomic E-state index is -4.25. The maximum Gasteiger partial charge on any atom is 0.310 e. The smallest absolute Gasteiger partial charge is 0.310 e. The van der Waals surface area contributed by atoms with Crippen LogP contribution in [0, 0.1) is 27.7 Å². The molecule has 1 amide bonds. The monoisotopic (exact) mass is 426 g/mol. The molecule has 1 aliphatic rings. The molecule has 0 bridgehead atoms. The molecule has 1 aliphatic heterocycles. The number of amides is 1. The molecule has 0 atom stereocenters. The lowest BCUT2D eigenvalue weighted by atomic mass is 9.97. The summed E-state index contributed by atoms with van der Waals surface area (Å²) in [5, 5.41) is 13.5. The third-order valence-corrected chi connectivity index (χ3v) is 6.50. The number of sulfonamides is 1. The molecule has 0 saturated carbocycles. The standard InChI is InChI=1S/C17H16F2N4O5S/c18-12-1-2-13(19)16(9-12)29(27,28)22-7-4-11(5-8-22)17(24)21-14-3-6-20-10-15(14)23(25)26/h1-3,6,9-11H,4-5,7-8H2,(H,20,21,24). The van der Waals surface area contributed by atoms with Gasteiger partial charge in [0.15, 0.2) is 0 Å². The zero-order chi connectivity index (χ0) is 21.2. The number of hydrogen-bond acceptors (Lipinski definition) is 6. The van der Waals surface area contributed by atoms with Crippen molar-refractivity contribution in [3.05, 3.63) is 58.4 Å². The van der Waals surface area contributed by atoms with E-state index in [-0.39, 0.29) is 37.3 Å². The van der Waals surface area contributed by atoms with Gasteiger partial charge in [0.25, 0.3) is 0 Å². The van der Waals surface area contributed by atoms with Crippen molar-refractivity contribution in [3.63, 3.8) is 0 Å². The van der Waals surface area contributed by atoms with Crippen molar-refractivity contribution in [1.29, 1.82) is 0 Å². The Balaban J connectivity index is 1.68. The maximum atomic E-state index is 13.9. The molecule has 2 aromatic rings. The van der Waals surface area contributed by atoms with Crippen LogP contribution in [0.5, 0.6) is 0 Å². The molecule has 154 valence electrons. The molecule has 9 nitrogen and oxygen atoms in total. The molecule has 1 saturated heterocycles. The first-order chi connectivity index (χ1) is 13.7. The quantitative estimate of drug-likeness (QED) is 0.578. The summed E-state index contributed by atoms with van der Waals surface area (Å²) in [6.07, 6.45) is 2.56. The van der Waals surface area contributed by atoms with E-state index in [4.69, 9.17) is 0 Å². The summed E-state index contributed by atoms with van der Waals surface area (Å²) < 4.78 is 53.4. The van der Waals surface area contributed by atoms with Crippen molar-refractivity contribution in [1.82, 2.24) is 9.29 Å². The second-order valence-electron chi connectivity index (χ2n) is 6.39. The molecular formula is C17H16F2N4O5S. The zero-order valence-corrected chi connectivity index (χ0v) is 15.7. The SMILES string of the molecule is O=C(Nc1ccncc1[N+](=O)[O-])C1CCN(S(=O)(=O)c2cc(F)ccc2F)CC1. The zero-order valence-electron chi connectivity index (χ0n) is 14.9. The lowest BCUT2D eigenvalue weighted by Crippen LogP contribution is -2.41. The topological polar surface area (TPSA) is 123 Å². The van der Waals surface area contributed by atoms with Crippen LogP contribution in [-0.4, -0.2) is 41.6 Å². The van der Waals surface area contributed by atoms with Crippen molar-refractivity contribution in [2.45, 2.75) is 17.7 Å². The van der Waals surface area contributed by atoms with E-state index in [2.05, 4.69) is 10.3 Å². The van der Waals surface area contributed by atoms with Gasteiger partial charge in [0, 0.05) is 25.2 Å². The molecule has 0 unspecified atom stereocenters. The van der Waals surface area contributed by atoms with Crippen LogP contribution in [-0.2, 0) is 14.8 Å². The Morgan fingerprint density at radius 3 is 2.59 bits per heavy atom. The van der Waals surface area contributed by atoms with Crippen molar-refractivity contribution in [2.75, 3.05) is 18.4 Å². The number of nitro groups is 1. The van der Waals surface area contributed by atoms with Gasteiger partial charge in [-0.15, -0.1) is 0 Å². The molecule has 3 rings (SSSR count). The number of aromatic nitrogens is 1. The van der Waals surface area contributed by atoms with E-state index in [0.717, 1.165) is 22.6 Å². The minimum Gasteiger partial charge on any atom is -0.320 e. The average molecular weight is 426 g/mol. The number of carbonyl (C=O) groups excluding carboxylic acids is 1. The van der Waals surface area contributed by atoms with E-state index in [1.807, 2.05) is 0 Å². The second-order valence-corrected chi connectivity index (χ2v) is 8.30. The maximum absolute atomic E-state index is 13.9. The Kier molecular flexibility index (Phi) is 5.84. The van der Waals surface area contributed by atoms with Gasteiger partial charge in [0.2, 0.25) is 15.9 Å². The highest BCUT2D eigenvalue weighted by atomic mass is 32.2. The molecule has 1 fully saturated rings. The second kappa shape index (κ2) is 8.17. The summed E-state index contributed by atoms with van der Waals surface area (Å²) in [5.41, 5.74) is -0.366. The number of benzene rings is 1. The van der Waals surface area contributed by atoms with Crippen LogP contribution in [0.3, 0.4) is 0 Å². The third-order valence-electron chi connectivity index (χ3n) is 4.59. The molecule has 0 aliphatic carbocycles. The lowest BCUT2D eigenvalue weighted by molar-refractivity contribution is -0.384. The lowest BCUT2D eigenvalue weighted by Gasteiger charge is -2.30. The first-order valence-corrected chi connectivity index (χ1v) is 9.98. The predicted octanol–water partition coefficient (Wildman–Crippen LogP) is 2.31. The average Bonchev–Trinajstić information content (AvgIpc) is 2.70. The highest BCUT2D eigenvalue weighted by Crippen LogP contribution is 2.28. The summed E-state index contributed by atoms with van der Waals surface area (Å²) in [5.74, 6) is -3.02. The number of halogens is 2. The first-order valence-electron chi connectivity index (χ1n) is 8.54. The largest absolute Gasteiger partial charge is 0.320 e. The molecule has 0 radical (unpaired) electrons. The van der Waals surface area contributed by atoms with Gasteiger partial charge in [-0.05, 0) is 37.1 Å².